The summed E-state index contributed by atoms with van der Waals surface area (Å²) in [6.07, 6.45) is 1.69. The van der Waals surface area contributed by atoms with Crippen molar-refractivity contribution in [2.24, 2.45) is 0 Å². The average molecular weight is 340 g/mol. The van der Waals surface area contributed by atoms with Crippen molar-refractivity contribution in [1.29, 1.82) is 0 Å². The van der Waals surface area contributed by atoms with Crippen molar-refractivity contribution in [2.75, 3.05) is 11.1 Å². The number of carbonyl (C=O) groups is 1. The van der Waals surface area contributed by atoms with Gasteiger partial charge in [-0.15, -0.1) is 0 Å². The van der Waals surface area contributed by atoms with Gasteiger partial charge in [0, 0.05) is 16.7 Å². The highest BCUT2D eigenvalue weighted by Gasteiger charge is 2.16. The van der Waals surface area contributed by atoms with Crippen molar-refractivity contribution in [1.82, 2.24) is 4.57 Å². The lowest BCUT2D eigenvalue weighted by molar-refractivity contribution is 0.101. The average Bonchev–Trinajstić information content (AvgIpc) is 2.75. The molecule has 0 radical (unpaired) electrons. The zero-order valence-electron chi connectivity index (χ0n) is 11.2. The van der Waals surface area contributed by atoms with Gasteiger partial charge in [-0.05, 0) is 38.1 Å². The monoisotopic (exact) mass is 339 g/mol. The second-order valence-corrected chi connectivity index (χ2v) is 5.65. The van der Waals surface area contributed by atoms with Crippen molar-refractivity contribution in [2.45, 2.75) is 19.9 Å². The molecule has 1 aromatic carbocycles. The Morgan fingerprint density at radius 3 is 2.70 bits per heavy atom. The summed E-state index contributed by atoms with van der Waals surface area (Å²) in [6.45, 7) is 3.88. The van der Waals surface area contributed by atoms with Gasteiger partial charge in [0.15, 0.2) is 0 Å². The topological polar surface area (TPSA) is 60.0 Å². The van der Waals surface area contributed by atoms with Crippen LogP contribution in [0, 0.1) is 5.82 Å². The number of nitrogen functional groups attached to an aromatic ring is 1. The van der Waals surface area contributed by atoms with E-state index in [0.29, 0.717) is 15.9 Å². The zero-order valence-corrected chi connectivity index (χ0v) is 12.7. The predicted molar refractivity (Wildman–Crippen MR) is 81.3 cm³/mol. The van der Waals surface area contributed by atoms with Gasteiger partial charge in [-0.25, -0.2) is 4.39 Å². The van der Waals surface area contributed by atoms with E-state index in [1.54, 1.807) is 22.9 Å². The third kappa shape index (κ3) is 3.01. The summed E-state index contributed by atoms with van der Waals surface area (Å²) in [6, 6.07) is 6.12. The van der Waals surface area contributed by atoms with Gasteiger partial charge >= 0.3 is 0 Å². The molecule has 6 heteroatoms. The minimum absolute atomic E-state index is 0.0859. The smallest absolute Gasteiger partial charge is 0.272 e. The van der Waals surface area contributed by atoms with E-state index in [2.05, 4.69) is 21.2 Å². The second kappa shape index (κ2) is 5.66. The van der Waals surface area contributed by atoms with Gasteiger partial charge < -0.3 is 15.6 Å². The Hall–Kier alpha value is -1.82. The molecule has 4 nitrogen and oxygen atoms in total. The Morgan fingerprint density at radius 2 is 2.10 bits per heavy atom. The summed E-state index contributed by atoms with van der Waals surface area (Å²) < 4.78 is 16.1. The summed E-state index contributed by atoms with van der Waals surface area (Å²) in [5, 5.41) is 2.55. The van der Waals surface area contributed by atoms with E-state index in [9.17, 15) is 9.18 Å². The fourth-order valence-corrected chi connectivity index (χ4v) is 2.22. The van der Waals surface area contributed by atoms with Gasteiger partial charge in [0.05, 0.1) is 11.4 Å². The van der Waals surface area contributed by atoms with Crippen LogP contribution in [0.1, 0.15) is 30.4 Å². The SMILES string of the molecule is CC(C)n1cc(N)cc1C(=O)Nc1ccc(Br)cc1F. The van der Waals surface area contributed by atoms with Gasteiger partial charge in [0.25, 0.3) is 5.91 Å². The highest BCUT2D eigenvalue weighted by Crippen LogP contribution is 2.22. The normalized spacial score (nSPS) is 10.8. The molecule has 0 saturated carbocycles. The first kappa shape index (κ1) is 14.6. The van der Waals surface area contributed by atoms with Crippen LogP contribution in [0.25, 0.3) is 0 Å². The molecular formula is C14H15BrFN3O. The van der Waals surface area contributed by atoms with Crippen LogP contribution >= 0.6 is 15.9 Å². The van der Waals surface area contributed by atoms with E-state index >= 15 is 0 Å². The number of aromatic nitrogens is 1. The molecule has 3 N–H and O–H groups in total. The number of carbonyl (C=O) groups excluding carboxylic acids is 1. The number of halogens is 2. The quantitative estimate of drug-likeness (QED) is 0.893. The molecule has 0 atom stereocenters. The molecule has 2 rings (SSSR count). The summed E-state index contributed by atoms with van der Waals surface area (Å²) in [7, 11) is 0. The van der Waals surface area contributed by atoms with Crippen molar-refractivity contribution in [3.63, 3.8) is 0 Å². The van der Waals surface area contributed by atoms with Crippen LogP contribution in [0.4, 0.5) is 15.8 Å². The van der Waals surface area contributed by atoms with Crippen molar-refractivity contribution in [3.05, 3.63) is 46.4 Å². The lowest BCUT2D eigenvalue weighted by Crippen LogP contribution is -2.18. The first-order chi connectivity index (χ1) is 9.38. The van der Waals surface area contributed by atoms with Crippen LogP contribution in [0.3, 0.4) is 0 Å². The highest BCUT2D eigenvalue weighted by atomic mass is 79.9. The van der Waals surface area contributed by atoms with Gasteiger partial charge in [0.1, 0.15) is 11.5 Å². The van der Waals surface area contributed by atoms with E-state index in [0.717, 1.165) is 0 Å². The first-order valence-electron chi connectivity index (χ1n) is 6.12. The minimum atomic E-state index is -0.497. The van der Waals surface area contributed by atoms with Crippen LogP contribution in [-0.4, -0.2) is 10.5 Å². The number of anilines is 2. The second-order valence-electron chi connectivity index (χ2n) is 4.74. The lowest BCUT2D eigenvalue weighted by atomic mass is 10.3. The fraction of sp³-hybridized carbons (Fsp3) is 0.214. The number of rotatable bonds is 3. The Labute approximate surface area is 124 Å². The Kier molecular flexibility index (Phi) is 4.13. The van der Waals surface area contributed by atoms with E-state index < -0.39 is 11.7 Å². The van der Waals surface area contributed by atoms with Crippen molar-refractivity contribution < 1.29 is 9.18 Å². The number of hydrogen-bond acceptors (Lipinski definition) is 2. The summed E-state index contributed by atoms with van der Waals surface area (Å²) >= 11 is 3.17. The number of amides is 1. The lowest BCUT2D eigenvalue weighted by Gasteiger charge is -2.13. The Bertz CT molecular complexity index is 652. The molecule has 0 saturated heterocycles. The Balaban J connectivity index is 2.28. The van der Waals surface area contributed by atoms with Crippen molar-refractivity contribution >= 4 is 33.2 Å². The zero-order chi connectivity index (χ0) is 14.9. The molecule has 1 aromatic heterocycles. The third-order valence-electron chi connectivity index (χ3n) is 2.84. The maximum atomic E-state index is 13.7. The summed E-state index contributed by atoms with van der Waals surface area (Å²) in [4.78, 5) is 12.2. The van der Waals surface area contributed by atoms with Crippen molar-refractivity contribution in [3.8, 4) is 0 Å². The molecule has 106 valence electrons. The summed E-state index contributed by atoms with van der Waals surface area (Å²) in [5.41, 5.74) is 6.75. The third-order valence-corrected chi connectivity index (χ3v) is 3.33. The molecule has 0 unspecified atom stereocenters. The van der Waals surface area contributed by atoms with Gasteiger partial charge in [-0.2, -0.15) is 0 Å². The summed E-state index contributed by atoms with van der Waals surface area (Å²) in [5.74, 6) is -0.889. The van der Waals surface area contributed by atoms with Crippen LogP contribution in [-0.2, 0) is 0 Å². The molecule has 0 aliphatic heterocycles. The molecule has 1 amide bonds. The van der Waals surface area contributed by atoms with Gasteiger partial charge in [-0.3, -0.25) is 4.79 Å². The molecule has 0 fully saturated rings. The molecule has 0 spiro atoms. The maximum Gasteiger partial charge on any atom is 0.272 e. The highest BCUT2D eigenvalue weighted by molar-refractivity contribution is 9.10. The Morgan fingerprint density at radius 1 is 1.40 bits per heavy atom. The van der Waals surface area contributed by atoms with E-state index in [1.807, 2.05) is 13.8 Å². The molecule has 1 heterocycles. The molecular weight excluding hydrogens is 325 g/mol. The van der Waals surface area contributed by atoms with Crippen LogP contribution in [0.2, 0.25) is 0 Å². The number of benzene rings is 1. The molecule has 20 heavy (non-hydrogen) atoms. The van der Waals surface area contributed by atoms with E-state index in [4.69, 9.17) is 5.73 Å². The maximum absolute atomic E-state index is 13.7. The minimum Gasteiger partial charge on any atom is -0.397 e. The number of nitrogens with two attached hydrogens (primary N) is 1. The van der Waals surface area contributed by atoms with Crippen LogP contribution in [0.15, 0.2) is 34.9 Å². The molecule has 0 aliphatic rings. The largest absolute Gasteiger partial charge is 0.397 e. The fourth-order valence-electron chi connectivity index (χ4n) is 1.89. The predicted octanol–water partition coefficient (Wildman–Crippen LogP) is 3.81. The van der Waals surface area contributed by atoms with Crippen LogP contribution in [0.5, 0.6) is 0 Å². The number of nitrogens with zero attached hydrogens (tertiary/aromatic N) is 1. The van der Waals surface area contributed by atoms with Gasteiger partial charge in [0.2, 0.25) is 0 Å². The van der Waals surface area contributed by atoms with E-state index in [1.165, 1.54) is 12.1 Å². The van der Waals surface area contributed by atoms with Gasteiger partial charge in [-0.1, -0.05) is 15.9 Å². The number of nitrogens with one attached hydrogen (secondary N) is 1. The first-order valence-corrected chi connectivity index (χ1v) is 6.91. The number of hydrogen-bond donors (Lipinski definition) is 2. The van der Waals surface area contributed by atoms with Crippen LogP contribution < -0.4 is 11.1 Å². The molecule has 0 aliphatic carbocycles. The molecule has 2 aromatic rings. The molecule has 0 bridgehead atoms. The standard InChI is InChI=1S/C14H15BrFN3O/c1-8(2)19-7-10(17)6-13(19)14(20)18-12-4-3-9(15)5-11(12)16/h3-8H,17H2,1-2H3,(H,18,20). The van der Waals surface area contributed by atoms with E-state index in [-0.39, 0.29) is 11.7 Å².